The summed E-state index contributed by atoms with van der Waals surface area (Å²) in [5.41, 5.74) is 0.582. The van der Waals surface area contributed by atoms with Crippen molar-refractivity contribution < 1.29 is 32.3 Å². The third kappa shape index (κ3) is 5.57. The van der Waals surface area contributed by atoms with E-state index in [1.54, 1.807) is 24.3 Å². The van der Waals surface area contributed by atoms with Gasteiger partial charge in [0.05, 0.1) is 37.3 Å². The lowest BCUT2D eigenvalue weighted by molar-refractivity contribution is -0.122. The van der Waals surface area contributed by atoms with E-state index >= 15 is 0 Å². The molecule has 2 aromatic rings. The van der Waals surface area contributed by atoms with E-state index in [1.807, 2.05) is 0 Å². The Morgan fingerprint density at radius 1 is 1.08 bits per heavy atom. The van der Waals surface area contributed by atoms with E-state index in [0.717, 1.165) is 4.90 Å². The molecule has 2 saturated heterocycles. The van der Waals surface area contributed by atoms with Gasteiger partial charge in [-0.15, -0.1) is 0 Å². The van der Waals surface area contributed by atoms with Gasteiger partial charge in [-0.3, -0.25) is 19.3 Å². The second kappa shape index (κ2) is 10.7. The Hall–Kier alpha value is -3.32. The molecule has 36 heavy (non-hydrogen) atoms. The van der Waals surface area contributed by atoms with E-state index in [9.17, 15) is 22.8 Å². The number of primary sulfonamides is 1. The Labute approximate surface area is 209 Å². The summed E-state index contributed by atoms with van der Waals surface area (Å²) in [6.07, 6.45) is -0.180. The quantitative estimate of drug-likeness (QED) is 0.499. The molecule has 0 saturated carbocycles. The Morgan fingerprint density at radius 2 is 1.72 bits per heavy atom. The fraction of sp³-hybridized carbons (Fsp3) is 0.375. The second-order valence-corrected chi connectivity index (χ2v) is 10.1. The lowest BCUT2D eigenvalue weighted by atomic mass is 10.1. The van der Waals surface area contributed by atoms with Crippen LogP contribution in [0.5, 0.6) is 5.75 Å². The molecular formula is C24H28N4O7S. The number of sulfonamides is 1. The zero-order valence-electron chi connectivity index (χ0n) is 19.8. The van der Waals surface area contributed by atoms with Crippen molar-refractivity contribution in [3.05, 3.63) is 54.1 Å². The van der Waals surface area contributed by atoms with Crippen LogP contribution < -0.4 is 14.8 Å². The van der Waals surface area contributed by atoms with Gasteiger partial charge in [-0.2, -0.15) is 0 Å². The van der Waals surface area contributed by atoms with Gasteiger partial charge in [0.25, 0.3) is 11.8 Å². The highest BCUT2D eigenvalue weighted by atomic mass is 32.2. The normalized spacial score (nSPS) is 18.9. The van der Waals surface area contributed by atoms with E-state index < -0.39 is 27.9 Å². The first kappa shape index (κ1) is 25.8. The van der Waals surface area contributed by atoms with Crippen molar-refractivity contribution in [2.24, 2.45) is 5.14 Å². The summed E-state index contributed by atoms with van der Waals surface area (Å²) in [6, 6.07) is 10.7. The maximum absolute atomic E-state index is 13.5. The molecule has 0 bridgehead atoms. The van der Waals surface area contributed by atoms with E-state index in [2.05, 4.69) is 4.90 Å². The van der Waals surface area contributed by atoms with Crippen LogP contribution in [0.1, 0.15) is 16.8 Å². The molecule has 2 heterocycles. The van der Waals surface area contributed by atoms with Gasteiger partial charge >= 0.3 is 0 Å². The van der Waals surface area contributed by atoms with E-state index in [4.69, 9.17) is 14.6 Å². The van der Waals surface area contributed by atoms with Crippen LogP contribution in [0.3, 0.4) is 0 Å². The largest absolute Gasteiger partial charge is 0.497 e. The molecule has 2 N–H and O–H groups in total. The highest BCUT2D eigenvalue weighted by Crippen LogP contribution is 2.28. The van der Waals surface area contributed by atoms with Gasteiger partial charge in [0.15, 0.2) is 0 Å². The number of benzene rings is 2. The molecule has 2 aliphatic rings. The lowest BCUT2D eigenvalue weighted by Crippen LogP contribution is -2.49. The molecule has 4 rings (SSSR count). The van der Waals surface area contributed by atoms with Gasteiger partial charge in [-0.1, -0.05) is 0 Å². The van der Waals surface area contributed by atoms with Gasteiger partial charge in [0, 0.05) is 31.7 Å². The second-order valence-electron chi connectivity index (χ2n) is 8.51. The zero-order chi connectivity index (χ0) is 25.9. The molecule has 0 radical (unpaired) electrons. The number of imide groups is 1. The third-order valence-electron chi connectivity index (χ3n) is 6.28. The third-order valence-corrected chi connectivity index (χ3v) is 7.21. The van der Waals surface area contributed by atoms with Crippen molar-refractivity contribution in [3.8, 4) is 5.75 Å². The molecule has 1 unspecified atom stereocenters. The summed E-state index contributed by atoms with van der Waals surface area (Å²) in [7, 11) is -2.40. The monoisotopic (exact) mass is 516 g/mol. The zero-order valence-corrected chi connectivity index (χ0v) is 20.6. The van der Waals surface area contributed by atoms with Gasteiger partial charge in [0.1, 0.15) is 11.8 Å². The molecule has 12 heteroatoms. The lowest BCUT2D eigenvalue weighted by Gasteiger charge is -2.32. The number of anilines is 1. The summed E-state index contributed by atoms with van der Waals surface area (Å²) >= 11 is 0. The summed E-state index contributed by atoms with van der Waals surface area (Å²) in [5.74, 6) is -0.810. The predicted molar refractivity (Wildman–Crippen MR) is 130 cm³/mol. The van der Waals surface area contributed by atoms with Crippen LogP contribution >= 0.6 is 0 Å². The molecule has 1 atom stereocenters. The molecule has 0 aromatic heterocycles. The Balaban J connectivity index is 1.59. The summed E-state index contributed by atoms with van der Waals surface area (Å²) in [6.45, 7) is 3.37. The Kier molecular flexibility index (Phi) is 7.69. The van der Waals surface area contributed by atoms with Crippen LogP contribution in [-0.2, 0) is 24.3 Å². The molecule has 3 amide bonds. The SMILES string of the molecule is COc1ccc(C(=O)N(CCN2CCOCC2)C2CC(=O)N(c3ccc(S(N)(=O)=O)cc3)C2=O)cc1. The van der Waals surface area contributed by atoms with Crippen molar-refractivity contribution in [2.75, 3.05) is 51.4 Å². The molecule has 2 aliphatic heterocycles. The molecule has 2 fully saturated rings. The van der Waals surface area contributed by atoms with E-state index in [-0.39, 0.29) is 29.5 Å². The number of methoxy groups -OCH3 is 1. The van der Waals surface area contributed by atoms with Gasteiger partial charge in [0.2, 0.25) is 15.9 Å². The molecule has 11 nitrogen and oxygen atoms in total. The minimum atomic E-state index is -3.92. The highest BCUT2D eigenvalue weighted by Gasteiger charge is 2.44. The molecule has 2 aromatic carbocycles. The molecule has 0 spiro atoms. The molecule has 0 aliphatic carbocycles. The van der Waals surface area contributed by atoms with Crippen LogP contribution in [0.25, 0.3) is 0 Å². The van der Waals surface area contributed by atoms with Crippen LogP contribution in [0.4, 0.5) is 5.69 Å². The number of nitrogens with two attached hydrogens (primary N) is 1. The summed E-state index contributed by atoms with van der Waals surface area (Å²) in [4.78, 5) is 44.3. The van der Waals surface area contributed by atoms with Gasteiger partial charge in [-0.05, 0) is 48.5 Å². The van der Waals surface area contributed by atoms with Crippen molar-refractivity contribution >= 4 is 33.4 Å². The number of nitrogens with zero attached hydrogens (tertiary/aromatic N) is 3. The first-order valence-electron chi connectivity index (χ1n) is 11.4. The standard InChI is InChI=1S/C24H28N4O7S/c1-34-19-6-2-17(3-7-19)23(30)27(11-10-26-12-14-35-15-13-26)21-16-22(29)28(24(21)31)18-4-8-20(9-5-18)36(25,32)33/h2-9,21H,10-16H2,1H3,(H2,25,32,33). The fourth-order valence-electron chi connectivity index (χ4n) is 4.29. The van der Waals surface area contributed by atoms with Crippen LogP contribution in [0.2, 0.25) is 0 Å². The predicted octanol–water partition coefficient (Wildman–Crippen LogP) is 0.449. The summed E-state index contributed by atoms with van der Waals surface area (Å²) < 4.78 is 33.7. The van der Waals surface area contributed by atoms with Crippen LogP contribution in [-0.4, -0.2) is 88.5 Å². The maximum atomic E-state index is 13.5. The number of morpholine rings is 1. The van der Waals surface area contributed by atoms with E-state index in [0.29, 0.717) is 44.2 Å². The number of carbonyl (C=O) groups excluding carboxylic acids is 3. The highest BCUT2D eigenvalue weighted by molar-refractivity contribution is 7.89. The van der Waals surface area contributed by atoms with Crippen molar-refractivity contribution in [1.82, 2.24) is 9.80 Å². The minimum absolute atomic E-state index is 0.135. The van der Waals surface area contributed by atoms with Crippen molar-refractivity contribution in [2.45, 2.75) is 17.4 Å². The number of carbonyl (C=O) groups is 3. The first-order chi connectivity index (χ1) is 17.2. The average molecular weight is 517 g/mol. The van der Waals surface area contributed by atoms with Crippen LogP contribution in [0.15, 0.2) is 53.4 Å². The number of ether oxygens (including phenoxy) is 2. The van der Waals surface area contributed by atoms with Crippen molar-refractivity contribution in [3.63, 3.8) is 0 Å². The summed E-state index contributed by atoms with van der Waals surface area (Å²) in [5, 5.41) is 5.14. The fourth-order valence-corrected chi connectivity index (χ4v) is 4.80. The Morgan fingerprint density at radius 3 is 2.31 bits per heavy atom. The van der Waals surface area contributed by atoms with Gasteiger partial charge < -0.3 is 14.4 Å². The molecular weight excluding hydrogens is 488 g/mol. The number of rotatable bonds is 8. The van der Waals surface area contributed by atoms with Gasteiger partial charge in [-0.25, -0.2) is 18.5 Å². The minimum Gasteiger partial charge on any atom is -0.497 e. The average Bonchev–Trinajstić information content (AvgIpc) is 3.17. The maximum Gasteiger partial charge on any atom is 0.257 e. The van der Waals surface area contributed by atoms with Crippen molar-refractivity contribution in [1.29, 1.82) is 0 Å². The number of amides is 3. The molecule has 192 valence electrons. The number of hydrogen-bond donors (Lipinski definition) is 1. The van der Waals surface area contributed by atoms with E-state index in [1.165, 1.54) is 36.3 Å². The smallest absolute Gasteiger partial charge is 0.257 e. The van der Waals surface area contributed by atoms with Crippen LogP contribution in [0, 0.1) is 0 Å². The topological polar surface area (TPSA) is 140 Å². The first-order valence-corrected chi connectivity index (χ1v) is 13.0. The number of hydrogen-bond acceptors (Lipinski definition) is 8. The Bertz CT molecular complexity index is 1230.